The third kappa shape index (κ3) is 15.7. The highest BCUT2D eigenvalue weighted by molar-refractivity contribution is 5.71. The molecule has 2 N–H and O–H groups in total. The van der Waals surface area contributed by atoms with Gasteiger partial charge in [-0.15, -0.1) is 0 Å². The molecule has 0 saturated heterocycles. The van der Waals surface area contributed by atoms with Gasteiger partial charge in [0, 0.05) is 0 Å². The highest BCUT2D eigenvalue weighted by Gasteiger charge is 2.27. The van der Waals surface area contributed by atoms with E-state index >= 15 is 0 Å². The molecule has 0 amide bonds. The second-order valence-corrected chi connectivity index (χ2v) is 14.3. The Bertz CT molecular complexity index is 1270. The molecular weight excluding hydrogens is 564 g/mol. The Morgan fingerprint density at radius 2 is 0.935 bits per heavy atom. The SMILES string of the molecule is CC(O)C(=O)O.CC1=C(/C=C/C(C)=C/C=C/C(C)=C/C=C/C=C(C)/C=C/C=C(C)/C=C/C2=C(C)CCCC2(C)C)C(C)(C)CCC1. The van der Waals surface area contributed by atoms with Crippen molar-refractivity contribution in [1.29, 1.82) is 0 Å². The van der Waals surface area contributed by atoms with Crippen molar-refractivity contribution in [3.63, 3.8) is 0 Å². The molecule has 1 unspecified atom stereocenters. The van der Waals surface area contributed by atoms with E-state index in [1.165, 1.54) is 78.9 Å². The number of aliphatic hydroxyl groups excluding tert-OH is 1. The van der Waals surface area contributed by atoms with Gasteiger partial charge in [-0.1, -0.05) is 146 Å². The zero-order valence-electron chi connectivity index (χ0n) is 30.7. The smallest absolute Gasteiger partial charge is 0.332 e. The third-order valence-corrected chi connectivity index (χ3v) is 8.73. The van der Waals surface area contributed by atoms with E-state index in [-0.39, 0.29) is 0 Å². The monoisotopic (exact) mass is 626 g/mol. The number of rotatable bonds is 11. The Kier molecular flexibility index (Phi) is 17.6. The number of hydrogen-bond acceptors (Lipinski definition) is 2. The van der Waals surface area contributed by atoms with Crippen molar-refractivity contribution in [1.82, 2.24) is 0 Å². The number of carboxylic acid groups (broad SMARTS) is 1. The van der Waals surface area contributed by atoms with Crippen molar-refractivity contribution in [2.24, 2.45) is 10.8 Å². The van der Waals surface area contributed by atoms with Crippen LogP contribution in [0.4, 0.5) is 0 Å². The van der Waals surface area contributed by atoms with Crippen LogP contribution in [0, 0.1) is 10.8 Å². The molecule has 2 aliphatic rings. The third-order valence-electron chi connectivity index (χ3n) is 8.73. The first-order valence-corrected chi connectivity index (χ1v) is 16.9. The predicted molar refractivity (Wildman–Crippen MR) is 201 cm³/mol. The highest BCUT2D eigenvalue weighted by atomic mass is 16.4. The summed E-state index contributed by atoms with van der Waals surface area (Å²) in [5.74, 6) is -1.19. The molecule has 0 aromatic heterocycles. The summed E-state index contributed by atoms with van der Waals surface area (Å²) in [4.78, 5) is 9.45. The van der Waals surface area contributed by atoms with Gasteiger partial charge < -0.3 is 10.2 Å². The summed E-state index contributed by atoms with van der Waals surface area (Å²) in [5.41, 5.74) is 11.7. The van der Waals surface area contributed by atoms with Crippen molar-refractivity contribution in [3.8, 4) is 0 Å². The number of aliphatic carboxylic acids is 1. The molecule has 3 nitrogen and oxygen atoms in total. The maximum Gasteiger partial charge on any atom is 0.332 e. The van der Waals surface area contributed by atoms with Crippen LogP contribution >= 0.6 is 0 Å². The van der Waals surface area contributed by atoms with Crippen LogP contribution in [0.1, 0.15) is 115 Å². The van der Waals surface area contributed by atoms with Crippen LogP contribution in [0.5, 0.6) is 0 Å². The van der Waals surface area contributed by atoms with Crippen molar-refractivity contribution in [2.45, 2.75) is 121 Å². The maximum absolute atomic E-state index is 9.45. The second-order valence-electron chi connectivity index (χ2n) is 14.3. The van der Waals surface area contributed by atoms with Crippen molar-refractivity contribution < 1.29 is 15.0 Å². The van der Waals surface area contributed by atoms with E-state index in [0.717, 1.165) is 0 Å². The average molecular weight is 627 g/mol. The van der Waals surface area contributed by atoms with Gasteiger partial charge in [0.15, 0.2) is 0 Å². The van der Waals surface area contributed by atoms with Crippen LogP contribution in [0.25, 0.3) is 0 Å². The topological polar surface area (TPSA) is 57.5 Å². The van der Waals surface area contributed by atoms with E-state index < -0.39 is 12.1 Å². The average Bonchev–Trinajstić information content (AvgIpc) is 2.94. The lowest BCUT2D eigenvalue weighted by Gasteiger charge is -2.33. The zero-order chi connectivity index (χ0) is 34.9. The molecule has 0 radical (unpaired) electrons. The fourth-order valence-electron chi connectivity index (χ4n) is 5.79. The summed E-state index contributed by atoms with van der Waals surface area (Å²) >= 11 is 0. The Morgan fingerprint density at radius 3 is 1.24 bits per heavy atom. The van der Waals surface area contributed by atoms with E-state index in [0.29, 0.717) is 10.8 Å². The Balaban J connectivity index is 0.00000160. The number of allylic oxidation sites excluding steroid dienone is 22. The normalized spacial score (nSPS) is 20.9. The Morgan fingerprint density at radius 1 is 0.630 bits per heavy atom. The molecule has 0 aromatic rings. The molecular formula is C43H62O3. The molecule has 0 aliphatic heterocycles. The predicted octanol–water partition coefficient (Wildman–Crippen LogP) is 12.1. The quantitative estimate of drug-likeness (QED) is 0.224. The molecule has 3 heteroatoms. The lowest BCUT2D eigenvalue weighted by molar-refractivity contribution is -0.145. The first-order chi connectivity index (χ1) is 21.5. The first-order valence-electron chi connectivity index (χ1n) is 16.9. The van der Waals surface area contributed by atoms with Gasteiger partial charge in [0.2, 0.25) is 0 Å². The van der Waals surface area contributed by atoms with Crippen molar-refractivity contribution in [2.75, 3.05) is 0 Å². The van der Waals surface area contributed by atoms with Crippen LogP contribution in [-0.2, 0) is 4.79 Å². The zero-order valence-corrected chi connectivity index (χ0v) is 30.7. The summed E-state index contributed by atoms with van der Waals surface area (Å²) in [6.07, 6.45) is 37.2. The van der Waals surface area contributed by atoms with Gasteiger partial charge in [0.05, 0.1) is 0 Å². The van der Waals surface area contributed by atoms with E-state index in [9.17, 15) is 4.79 Å². The van der Waals surface area contributed by atoms with Crippen LogP contribution in [0.2, 0.25) is 0 Å². The molecule has 0 heterocycles. The number of carbonyl (C=O) groups is 1. The van der Waals surface area contributed by atoms with E-state index in [1.54, 1.807) is 11.1 Å². The molecule has 2 rings (SSSR count). The van der Waals surface area contributed by atoms with Crippen LogP contribution in [-0.4, -0.2) is 22.3 Å². The summed E-state index contributed by atoms with van der Waals surface area (Å²) in [6, 6.07) is 0. The molecule has 0 saturated carbocycles. The van der Waals surface area contributed by atoms with Crippen LogP contribution < -0.4 is 0 Å². The standard InChI is InChI=1S/C40H56.C3H6O3/c1-31(19-13-21-33(3)25-27-37-35(5)23-15-29-39(37,7)8)17-11-12-18-32(2)20-14-22-34(4)26-28-38-36(6)24-16-30-40(38,9)10;1-2(4)3(5)6/h11-14,17-22,25-28H,15-16,23-24,29-30H2,1-10H3;2,4H,1H3,(H,5,6)/b12-11+,19-13+,20-14+,27-25+,28-26+,31-17+,32-18+,33-21+,34-22+;. The molecule has 2 aliphatic carbocycles. The maximum atomic E-state index is 9.45. The molecule has 0 aromatic carbocycles. The molecule has 0 spiro atoms. The van der Waals surface area contributed by atoms with Gasteiger partial charge in [-0.25, -0.2) is 4.79 Å². The fourth-order valence-corrected chi connectivity index (χ4v) is 5.79. The van der Waals surface area contributed by atoms with Gasteiger partial charge in [0.25, 0.3) is 0 Å². The lowest BCUT2D eigenvalue weighted by atomic mass is 9.72. The molecule has 1 atom stereocenters. The molecule has 252 valence electrons. The Hall–Kier alpha value is -3.43. The fraction of sp³-hybridized carbons (Fsp3) is 0.465. The summed E-state index contributed by atoms with van der Waals surface area (Å²) in [6.45, 7) is 23.9. The largest absolute Gasteiger partial charge is 0.479 e. The van der Waals surface area contributed by atoms with Crippen molar-refractivity contribution >= 4 is 5.97 Å². The summed E-state index contributed by atoms with van der Waals surface area (Å²) in [5, 5.41) is 15.8. The number of aliphatic hydroxyl groups is 1. The van der Waals surface area contributed by atoms with Gasteiger partial charge in [-0.3, -0.25) is 0 Å². The van der Waals surface area contributed by atoms with Crippen LogP contribution in [0.3, 0.4) is 0 Å². The summed E-state index contributed by atoms with van der Waals surface area (Å²) < 4.78 is 0. The molecule has 0 bridgehead atoms. The summed E-state index contributed by atoms with van der Waals surface area (Å²) in [7, 11) is 0. The molecule has 46 heavy (non-hydrogen) atoms. The first kappa shape index (κ1) is 40.6. The molecule has 0 fully saturated rings. The van der Waals surface area contributed by atoms with E-state index in [1.807, 2.05) is 0 Å². The minimum absolute atomic E-state index is 0.291. The van der Waals surface area contributed by atoms with Gasteiger partial charge in [0.1, 0.15) is 6.10 Å². The van der Waals surface area contributed by atoms with Crippen molar-refractivity contribution in [3.05, 3.63) is 130 Å². The lowest BCUT2D eigenvalue weighted by Crippen LogP contribution is -2.19. The minimum Gasteiger partial charge on any atom is -0.479 e. The van der Waals surface area contributed by atoms with E-state index in [4.69, 9.17) is 10.2 Å². The Labute approximate surface area is 281 Å². The van der Waals surface area contributed by atoms with Gasteiger partial charge >= 0.3 is 5.97 Å². The van der Waals surface area contributed by atoms with Crippen LogP contribution in [0.15, 0.2) is 130 Å². The highest BCUT2D eigenvalue weighted by Crippen LogP contribution is 2.41. The van der Waals surface area contributed by atoms with E-state index in [2.05, 4.69) is 154 Å². The number of hydrogen-bond donors (Lipinski definition) is 2. The van der Waals surface area contributed by atoms with Gasteiger partial charge in [-0.2, -0.15) is 0 Å². The number of carboxylic acids is 1. The van der Waals surface area contributed by atoms with Gasteiger partial charge in [-0.05, 0) is 109 Å². The minimum atomic E-state index is -1.23. The second kappa shape index (κ2) is 19.9.